The van der Waals surface area contributed by atoms with Crippen LogP contribution in [0.15, 0.2) is 28.7 Å². The molecular weight excluding hydrogens is 261 g/mol. The Hall–Kier alpha value is -0.550. The number of aliphatic hydroxyl groups excluding tert-OH is 1. The van der Waals surface area contributed by atoms with Gasteiger partial charge in [0.05, 0.1) is 12.5 Å². The van der Waals surface area contributed by atoms with Crippen molar-refractivity contribution in [1.82, 2.24) is 0 Å². The van der Waals surface area contributed by atoms with Crippen LogP contribution in [-0.2, 0) is 0 Å². The van der Waals surface area contributed by atoms with Crippen molar-refractivity contribution in [2.75, 3.05) is 0 Å². The zero-order valence-electron chi connectivity index (χ0n) is 7.05. The number of alkyl halides is 3. The van der Waals surface area contributed by atoms with Gasteiger partial charge in [-0.25, -0.2) is 0 Å². The topological polar surface area (TPSA) is 20.2 Å². The molecule has 0 aliphatic heterocycles. The van der Waals surface area contributed by atoms with Gasteiger partial charge in [-0.05, 0) is 11.6 Å². The summed E-state index contributed by atoms with van der Waals surface area (Å²) in [5.74, 6) is 0. The summed E-state index contributed by atoms with van der Waals surface area (Å²) in [6.45, 7) is 0. The molecule has 0 heterocycles. The average molecular weight is 269 g/mol. The Balaban J connectivity index is 2.80. The predicted octanol–water partition coefficient (Wildman–Crippen LogP) is 3.43. The second-order valence-electron chi connectivity index (χ2n) is 2.86. The first-order valence-electron chi connectivity index (χ1n) is 3.89. The van der Waals surface area contributed by atoms with Crippen molar-refractivity contribution in [3.05, 3.63) is 34.3 Å². The Morgan fingerprint density at radius 2 is 1.86 bits per heavy atom. The summed E-state index contributed by atoms with van der Waals surface area (Å²) >= 11 is 3.08. The molecule has 1 nitrogen and oxygen atoms in total. The van der Waals surface area contributed by atoms with Crippen molar-refractivity contribution >= 4 is 15.9 Å². The van der Waals surface area contributed by atoms with Gasteiger partial charge in [0, 0.05) is 4.47 Å². The third-order valence-electron chi connectivity index (χ3n) is 1.69. The van der Waals surface area contributed by atoms with Crippen molar-refractivity contribution in [2.24, 2.45) is 0 Å². The van der Waals surface area contributed by atoms with Gasteiger partial charge in [-0.2, -0.15) is 13.2 Å². The van der Waals surface area contributed by atoms with Crippen LogP contribution in [0.1, 0.15) is 18.1 Å². The summed E-state index contributed by atoms with van der Waals surface area (Å²) in [5, 5.41) is 9.29. The first-order valence-corrected chi connectivity index (χ1v) is 4.68. The SMILES string of the molecule is O[C@H](CC(F)(F)F)c1ccccc1Br. The first-order chi connectivity index (χ1) is 6.40. The second kappa shape index (κ2) is 4.31. The predicted molar refractivity (Wildman–Crippen MR) is 49.8 cm³/mol. The molecule has 0 unspecified atom stereocenters. The Bertz CT molecular complexity index is 311. The fourth-order valence-electron chi connectivity index (χ4n) is 1.07. The molecule has 1 N–H and O–H groups in total. The van der Waals surface area contributed by atoms with Gasteiger partial charge in [-0.15, -0.1) is 0 Å². The third-order valence-corrected chi connectivity index (χ3v) is 2.41. The molecule has 0 aliphatic carbocycles. The molecule has 0 aromatic heterocycles. The molecule has 78 valence electrons. The number of hydrogen-bond donors (Lipinski definition) is 1. The maximum absolute atomic E-state index is 11.9. The fourth-order valence-corrected chi connectivity index (χ4v) is 1.62. The van der Waals surface area contributed by atoms with Gasteiger partial charge in [0.15, 0.2) is 0 Å². The van der Waals surface area contributed by atoms with E-state index < -0.39 is 18.7 Å². The van der Waals surface area contributed by atoms with E-state index in [1.54, 1.807) is 18.2 Å². The van der Waals surface area contributed by atoms with E-state index in [9.17, 15) is 18.3 Å². The Kier molecular flexibility index (Phi) is 3.55. The molecule has 1 atom stereocenters. The highest BCUT2D eigenvalue weighted by Gasteiger charge is 2.32. The highest BCUT2D eigenvalue weighted by atomic mass is 79.9. The molecule has 0 radical (unpaired) electrons. The monoisotopic (exact) mass is 268 g/mol. The van der Waals surface area contributed by atoms with Gasteiger partial charge in [0.1, 0.15) is 0 Å². The van der Waals surface area contributed by atoms with Crippen molar-refractivity contribution in [3.63, 3.8) is 0 Å². The molecule has 0 amide bonds. The minimum Gasteiger partial charge on any atom is -0.388 e. The normalized spacial score (nSPS) is 14.1. The van der Waals surface area contributed by atoms with Crippen LogP contribution in [-0.4, -0.2) is 11.3 Å². The average Bonchev–Trinajstić information content (AvgIpc) is 2.01. The largest absolute Gasteiger partial charge is 0.391 e. The van der Waals surface area contributed by atoms with E-state index in [2.05, 4.69) is 15.9 Å². The minimum absolute atomic E-state index is 0.254. The maximum Gasteiger partial charge on any atom is 0.391 e. The lowest BCUT2D eigenvalue weighted by Crippen LogP contribution is -2.13. The summed E-state index contributed by atoms with van der Waals surface area (Å²) in [7, 11) is 0. The van der Waals surface area contributed by atoms with E-state index in [4.69, 9.17) is 0 Å². The number of hydrogen-bond acceptors (Lipinski definition) is 1. The van der Waals surface area contributed by atoms with E-state index >= 15 is 0 Å². The van der Waals surface area contributed by atoms with Crippen LogP contribution < -0.4 is 0 Å². The van der Waals surface area contributed by atoms with Gasteiger partial charge in [-0.3, -0.25) is 0 Å². The maximum atomic E-state index is 11.9. The van der Waals surface area contributed by atoms with Crippen LogP contribution >= 0.6 is 15.9 Å². The first kappa shape index (κ1) is 11.5. The van der Waals surface area contributed by atoms with Gasteiger partial charge in [-0.1, -0.05) is 34.1 Å². The Morgan fingerprint density at radius 1 is 1.29 bits per heavy atom. The number of halogens is 4. The summed E-state index contributed by atoms with van der Waals surface area (Å²) in [6, 6.07) is 6.31. The summed E-state index contributed by atoms with van der Waals surface area (Å²) in [6.07, 6.45) is -7.09. The number of benzene rings is 1. The lowest BCUT2D eigenvalue weighted by Gasteiger charge is -2.14. The summed E-state index contributed by atoms with van der Waals surface area (Å²) < 4.78 is 36.3. The summed E-state index contributed by atoms with van der Waals surface area (Å²) in [5.41, 5.74) is 0.254. The standard InChI is InChI=1S/C9H8BrF3O/c10-7-4-2-1-3-6(7)8(14)5-9(11,12)13/h1-4,8,14H,5H2/t8-/m1/s1. The smallest absolute Gasteiger partial charge is 0.388 e. The van der Waals surface area contributed by atoms with E-state index in [1.165, 1.54) is 6.07 Å². The molecular formula is C9H8BrF3O. The van der Waals surface area contributed by atoms with Gasteiger partial charge < -0.3 is 5.11 Å². The summed E-state index contributed by atoms with van der Waals surface area (Å²) in [4.78, 5) is 0. The molecule has 0 fully saturated rings. The number of rotatable bonds is 2. The van der Waals surface area contributed by atoms with Gasteiger partial charge in [0.25, 0.3) is 0 Å². The van der Waals surface area contributed by atoms with Crippen molar-refractivity contribution < 1.29 is 18.3 Å². The molecule has 14 heavy (non-hydrogen) atoms. The van der Waals surface area contributed by atoms with Crippen molar-refractivity contribution in [1.29, 1.82) is 0 Å². The fraction of sp³-hybridized carbons (Fsp3) is 0.333. The highest BCUT2D eigenvalue weighted by Crippen LogP contribution is 2.32. The lowest BCUT2D eigenvalue weighted by atomic mass is 10.1. The Morgan fingerprint density at radius 3 is 2.36 bits per heavy atom. The second-order valence-corrected chi connectivity index (χ2v) is 3.71. The number of aliphatic hydroxyl groups is 1. The zero-order chi connectivity index (χ0) is 10.8. The van der Waals surface area contributed by atoms with Crippen LogP contribution in [0.2, 0.25) is 0 Å². The molecule has 0 saturated heterocycles. The van der Waals surface area contributed by atoms with E-state index in [0.29, 0.717) is 4.47 Å². The highest BCUT2D eigenvalue weighted by molar-refractivity contribution is 9.10. The van der Waals surface area contributed by atoms with Crippen LogP contribution in [0, 0.1) is 0 Å². The minimum atomic E-state index is -4.35. The molecule has 5 heteroatoms. The quantitative estimate of drug-likeness (QED) is 0.872. The van der Waals surface area contributed by atoms with E-state index in [1.807, 2.05) is 0 Å². The molecule has 0 bridgehead atoms. The van der Waals surface area contributed by atoms with Gasteiger partial charge in [0.2, 0.25) is 0 Å². The van der Waals surface area contributed by atoms with Gasteiger partial charge >= 0.3 is 6.18 Å². The zero-order valence-corrected chi connectivity index (χ0v) is 8.64. The van der Waals surface area contributed by atoms with Crippen LogP contribution in [0.5, 0.6) is 0 Å². The molecule has 1 aromatic carbocycles. The Labute approximate surface area is 87.7 Å². The lowest BCUT2D eigenvalue weighted by molar-refractivity contribution is -0.154. The molecule has 0 saturated carbocycles. The van der Waals surface area contributed by atoms with Crippen LogP contribution in [0.25, 0.3) is 0 Å². The van der Waals surface area contributed by atoms with E-state index in [0.717, 1.165) is 0 Å². The van der Waals surface area contributed by atoms with Crippen molar-refractivity contribution in [2.45, 2.75) is 18.7 Å². The molecule has 1 aromatic rings. The molecule has 0 spiro atoms. The molecule has 1 rings (SSSR count). The third kappa shape index (κ3) is 3.31. The van der Waals surface area contributed by atoms with Crippen molar-refractivity contribution in [3.8, 4) is 0 Å². The van der Waals surface area contributed by atoms with E-state index in [-0.39, 0.29) is 5.56 Å². The van der Waals surface area contributed by atoms with Crippen LogP contribution in [0.4, 0.5) is 13.2 Å². The molecule has 0 aliphatic rings. The van der Waals surface area contributed by atoms with Crippen LogP contribution in [0.3, 0.4) is 0 Å².